The summed E-state index contributed by atoms with van der Waals surface area (Å²) in [5.74, 6) is -1.09. The van der Waals surface area contributed by atoms with Crippen LogP contribution in [0.3, 0.4) is 0 Å². The van der Waals surface area contributed by atoms with Gasteiger partial charge in [0.1, 0.15) is 11.9 Å². The van der Waals surface area contributed by atoms with Crippen LogP contribution >= 0.6 is 11.3 Å². The molecule has 0 unspecified atom stereocenters. The monoisotopic (exact) mass is 436 g/mol. The van der Waals surface area contributed by atoms with Gasteiger partial charge in [-0.05, 0) is 42.5 Å². The number of carbonyl (C=O) groups is 2. The molecular weight excluding hydrogens is 411 g/mol. The molecule has 2 amide bonds. The minimum Gasteiger partial charge on any atom is -0.351 e. The molecule has 0 saturated heterocycles. The summed E-state index contributed by atoms with van der Waals surface area (Å²) in [5.41, 5.74) is 0.764. The second-order valence-electron chi connectivity index (χ2n) is 7.77. The quantitative estimate of drug-likeness (QED) is 0.549. The Labute approximate surface area is 185 Å². The van der Waals surface area contributed by atoms with E-state index in [-0.39, 0.29) is 29.8 Å². The highest BCUT2D eigenvalue weighted by Gasteiger charge is 2.35. The van der Waals surface area contributed by atoms with Crippen LogP contribution in [-0.2, 0) is 16.0 Å². The fourth-order valence-corrected chi connectivity index (χ4v) is 4.81. The highest BCUT2D eigenvalue weighted by atomic mass is 32.1. The van der Waals surface area contributed by atoms with Gasteiger partial charge < -0.3 is 5.32 Å². The average Bonchev–Trinajstić information content (AvgIpc) is 3.47. The first-order valence-electron chi connectivity index (χ1n) is 10.6. The van der Waals surface area contributed by atoms with Gasteiger partial charge in [0.2, 0.25) is 11.8 Å². The van der Waals surface area contributed by atoms with E-state index >= 15 is 0 Å². The normalized spacial score (nSPS) is 14.9. The zero-order valence-corrected chi connectivity index (χ0v) is 18.0. The maximum Gasteiger partial charge on any atom is 0.248 e. The average molecular weight is 437 g/mol. The van der Waals surface area contributed by atoms with Gasteiger partial charge in [0.15, 0.2) is 0 Å². The highest BCUT2D eigenvalue weighted by molar-refractivity contribution is 7.10. The van der Waals surface area contributed by atoms with Crippen molar-refractivity contribution < 1.29 is 14.0 Å². The molecule has 1 atom stereocenters. The fourth-order valence-electron chi connectivity index (χ4n) is 4.12. The van der Waals surface area contributed by atoms with Gasteiger partial charge in [-0.1, -0.05) is 55.3 Å². The van der Waals surface area contributed by atoms with E-state index in [1.54, 1.807) is 30.3 Å². The van der Waals surface area contributed by atoms with Crippen LogP contribution in [0.25, 0.3) is 0 Å². The maximum absolute atomic E-state index is 14.9. The van der Waals surface area contributed by atoms with E-state index in [1.165, 1.54) is 22.3 Å². The number of carbonyl (C=O) groups excluding carboxylic acids is 2. The summed E-state index contributed by atoms with van der Waals surface area (Å²) in [6, 6.07) is 18.0. The lowest BCUT2D eigenvalue weighted by molar-refractivity contribution is -0.127. The molecule has 1 aliphatic carbocycles. The SMILES string of the molecule is O=C(NC1CCCC1)[C@@H](c1ccccc1F)N(C(=O)Cc1cccs1)c1ccccc1. The van der Waals surface area contributed by atoms with Crippen molar-refractivity contribution in [3.63, 3.8) is 0 Å². The van der Waals surface area contributed by atoms with Crippen molar-refractivity contribution in [2.24, 2.45) is 0 Å². The van der Waals surface area contributed by atoms with Crippen molar-refractivity contribution in [2.45, 2.75) is 44.2 Å². The molecule has 31 heavy (non-hydrogen) atoms. The van der Waals surface area contributed by atoms with Crippen LogP contribution in [0.4, 0.5) is 10.1 Å². The fraction of sp³-hybridized carbons (Fsp3) is 0.280. The maximum atomic E-state index is 14.9. The third-order valence-electron chi connectivity index (χ3n) is 5.62. The summed E-state index contributed by atoms with van der Waals surface area (Å²) in [6.45, 7) is 0. The Morgan fingerprint density at radius 1 is 1.00 bits per heavy atom. The molecule has 1 aliphatic rings. The molecule has 0 aliphatic heterocycles. The van der Waals surface area contributed by atoms with E-state index < -0.39 is 11.9 Å². The summed E-state index contributed by atoms with van der Waals surface area (Å²) < 4.78 is 14.9. The number of nitrogens with one attached hydrogen (secondary N) is 1. The van der Waals surface area contributed by atoms with Gasteiger partial charge in [0.05, 0.1) is 6.42 Å². The van der Waals surface area contributed by atoms with Crippen LogP contribution in [-0.4, -0.2) is 17.9 Å². The van der Waals surface area contributed by atoms with Gasteiger partial charge in [-0.2, -0.15) is 0 Å². The van der Waals surface area contributed by atoms with Crippen molar-refractivity contribution in [1.29, 1.82) is 0 Å². The third-order valence-corrected chi connectivity index (χ3v) is 6.49. The van der Waals surface area contributed by atoms with Crippen LogP contribution in [0.5, 0.6) is 0 Å². The largest absolute Gasteiger partial charge is 0.351 e. The Hall–Kier alpha value is -2.99. The molecule has 4 rings (SSSR count). The van der Waals surface area contributed by atoms with E-state index in [0.717, 1.165) is 30.6 Å². The summed E-state index contributed by atoms with van der Waals surface area (Å²) >= 11 is 1.49. The summed E-state index contributed by atoms with van der Waals surface area (Å²) in [4.78, 5) is 29.4. The van der Waals surface area contributed by atoms with Gasteiger partial charge in [-0.15, -0.1) is 11.3 Å². The number of para-hydroxylation sites is 1. The molecule has 4 nitrogen and oxygen atoms in total. The number of nitrogens with zero attached hydrogens (tertiary/aromatic N) is 1. The van der Waals surface area contributed by atoms with Crippen LogP contribution in [0.15, 0.2) is 72.1 Å². The summed E-state index contributed by atoms with van der Waals surface area (Å²) in [6.07, 6.45) is 4.09. The van der Waals surface area contributed by atoms with Crippen molar-refractivity contribution in [3.05, 3.63) is 88.4 Å². The zero-order chi connectivity index (χ0) is 21.6. The molecule has 1 aromatic heterocycles. The molecular formula is C25H25FN2O2S. The first-order chi connectivity index (χ1) is 15.1. The van der Waals surface area contributed by atoms with Gasteiger partial charge >= 0.3 is 0 Å². The number of hydrogen-bond donors (Lipinski definition) is 1. The summed E-state index contributed by atoms with van der Waals surface area (Å²) in [5, 5.41) is 4.99. The molecule has 1 heterocycles. The minimum absolute atomic E-state index is 0.0618. The standard InChI is InChI=1S/C25H25FN2O2S/c26-22-15-7-6-14-21(22)24(25(30)27-18-9-4-5-10-18)28(19-11-2-1-3-12-19)23(29)17-20-13-8-16-31-20/h1-3,6-8,11-16,18,24H,4-5,9-10,17H2,(H,27,30)/t24-/m1/s1. The minimum atomic E-state index is -1.09. The Morgan fingerprint density at radius 2 is 1.71 bits per heavy atom. The lowest BCUT2D eigenvalue weighted by Crippen LogP contribution is -2.47. The first kappa shape index (κ1) is 21.2. The number of halogens is 1. The Bertz CT molecular complexity index is 1020. The van der Waals surface area contributed by atoms with E-state index in [0.29, 0.717) is 5.69 Å². The molecule has 1 fully saturated rings. The van der Waals surface area contributed by atoms with Crippen molar-refractivity contribution in [1.82, 2.24) is 5.32 Å². The molecule has 0 spiro atoms. The molecule has 160 valence electrons. The van der Waals surface area contributed by atoms with Gasteiger partial charge in [0, 0.05) is 22.2 Å². The number of amides is 2. The summed E-state index contributed by atoms with van der Waals surface area (Å²) in [7, 11) is 0. The Kier molecular flexibility index (Phi) is 6.77. The van der Waals surface area contributed by atoms with E-state index in [2.05, 4.69) is 5.32 Å². The predicted molar refractivity (Wildman–Crippen MR) is 121 cm³/mol. The van der Waals surface area contributed by atoms with Crippen LogP contribution < -0.4 is 10.2 Å². The topological polar surface area (TPSA) is 49.4 Å². The first-order valence-corrected chi connectivity index (χ1v) is 11.5. The van der Waals surface area contributed by atoms with Crippen LogP contribution in [0, 0.1) is 5.82 Å². The van der Waals surface area contributed by atoms with Crippen molar-refractivity contribution in [3.8, 4) is 0 Å². The van der Waals surface area contributed by atoms with Crippen LogP contribution in [0.1, 0.15) is 42.2 Å². The van der Waals surface area contributed by atoms with E-state index in [9.17, 15) is 14.0 Å². The molecule has 1 N–H and O–H groups in total. The molecule has 1 saturated carbocycles. The highest BCUT2D eigenvalue weighted by Crippen LogP contribution is 2.31. The predicted octanol–water partition coefficient (Wildman–Crippen LogP) is 5.26. The van der Waals surface area contributed by atoms with E-state index in [4.69, 9.17) is 0 Å². The third kappa shape index (κ3) is 5.02. The second kappa shape index (κ2) is 9.88. The molecule has 2 aromatic carbocycles. The number of anilines is 1. The van der Waals surface area contributed by atoms with Gasteiger partial charge in [0.25, 0.3) is 0 Å². The molecule has 3 aromatic rings. The molecule has 0 radical (unpaired) electrons. The molecule has 0 bridgehead atoms. The van der Waals surface area contributed by atoms with Crippen LogP contribution in [0.2, 0.25) is 0 Å². The number of hydrogen-bond acceptors (Lipinski definition) is 3. The molecule has 6 heteroatoms. The van der Waals surface area contributed by atoms with Crippen molar-refractivity contribution >= 4 is 28.8 Å². The number of benzene rings is 2. The van der Waals surface area contributed by atoms with Gasteiger partial charge in [-0.3, -0.25) is 14.5 Å². The zero-order valence-electron chi connectivity index (χ0n) is 17.2. The van der Waals surface area contributed by atoms with E-state index in [1.807, 2.05) is 35.7 Å². The lowest BCUT2D eigenvalue weighted by Gasteiger charge is -2.32. The Balaban J connectivity index is 1.75. The second-order valence-corrected chi connectivity index (χ2v) is 8.80. The Morgan fingerprint density at radius 3 is 2.39 bits per heavy atom. The number of rotatable bonds is 7. The van der Waals surface area contributed by atoms with Crippen molar-refractivity contribution in [2.75, 3.05) is 4.90 Å². The smallest absolute Gasteiger partial charge is 0.248 e. The van der Waals surface area contributed by atoms with Gasteiger partial charge in [-0.25, -0.2) is 4.39 Å². The lowest BCUT2D eigenvalue weighted by atomic mass is 10.0. The number of thiophene rings is 1.